The van der Waals surface area contributed by atoms with Crippen LogP contribution in [0.2, 0.25) is 5.02 Å². The molecule has 0 bridgehead atoms. The number of para-hydroxylation sites is 1. The largest absolute Gasteiger partial charge is 0.366 e. The van der Waals surface area contributed by atoms with Crippen LogP contribution in [0.25, 0.3) is 0 Å². The minimum absolute atomic E-state index is 0.221. The molecular weight excluding hydrogens is 338 g/mol. The number of anilines is 1. The first kappa shape index (κ1) is 13.7. The first-order chi connectivity index (χ1) is 9.65. The Balaban J connectivity index is 1.92. The van der Waals surface area contributed by atoms with Gasteiger partial charge >= 0.3 is 0 Å². The van der Waals surface area contributed by atoms with Crippen molar-refractivity contribution in [2.45, 2.75) is 13.0 Å². The van der Waals surface area contributed by atoms with Gasteiger partial charge in [-0.3, -0.25) is 4.79 Å². The summed E-state index contributed by atoms with van der Waals surface area (Å²) in [6, 6.07) is 13.7. The molecule has 0 atom stereocenters. The van der Waals surface area contributed by atoms with Gasteiger partial charge in [-0.2, -0.15) is 0 Å². The number of ketones is 1. The maximum Gasteiger partial charge on any atom is 0.166 e. The van der Waals surface area contributed by atoms with Crippen LogP contribution in [0.5, 0.6) is 0 Å². The Morgan fingerprint density at radius 2 is 2.00 bits per heavy atom. The van der Waals surface area contributed by atoms with Crippen molar-refractivity contribution < 1.29 is 4.79 Å². The summed E-state index contributed by atoms with van der Waals surface area (Å²) in [7, 11) is 0. The first-order valence-corrected chi connectivity index (χ1v) is 7.63. The Kier molecular flexibility index (Phi) is 3.81. The molecule has 0 unspecified atom stereocenters. The maximum absolute atomic E-state index is 11.9. The molecule has 0 aromatic heterocycles. The molecule has 3 rings (SSSR count). The van der Waals surface area contributed by atoms with Crippen LogP contribution in [0, 0.1) is 0 Å². The van der Waals surface area contributed by atoms with Gasteiger partial charge in [0.15, 0.2) is 5.78 Å². The van der Waals surface area contributed by atoms with E-state index < -0.39 is 0 Å². The third-order valence-corrected chi connectivity index (χ3v) is 4.38. The van der Waals surface area contributed by atoms with Crippen molar-refractivity contribution in [3.63, 3.8) is 0 Å². The second-order valence-corrected chi connectivity index (χ2v) is 6.17. The minimum atomic E-state index is 0.221. The molecule has 102 valence electrons. The number of rotatable bonds is 2. The second-order valence-electron chi connectivity index (χ2n) is 4.85. The Morgan fingerprint density at radius 1 is 1.20 bits per heavy atom. The van der Waals surface area contributed by atoms with Crippen molar-refractivity contribution in [2.24, 2.45) is 0 Å². The number of Topliss-reactive ketones (excluding diaryl/α,β-unsaturated/α-hetero) is 1. The summed E-state index contributed by atoms with van der Waals surface area (Å²) >= 11 is 9.69. The standard InChI is InChI=1S/C16H13BrClNO/c17-12-6-5-11(14(18)9-12)10-19-8-7-16(20)13-3-1-2-4-15(13)19/h1-6,9H,7-8,10H2. The Bertz CT molecular complexity index is 671. The lowest BCUT2D eigenvalue weighted by Gasteiger charge is -2.30. The normalized spacial score (nSPS) is 14.3. The first-order valence-electron chi connectivity index (χ1n) is 6.46. The predicted molar refractivity (Wildman–Crippen MR) is 85.6 cm³/mol. The molecule has 20 heavy (non-hydrogen) atoms. The van der Waals surface area contributed by atoms with Crippen LogP contribution in [0.3, 0.4) is 0 Å². The van der Waals surface area contributed by atoms with Crippen LogP contribution in [-0.4, -0.2) is 12.3 Å². The number of carbonyl (C=O) groups excluding carboxylic acids is 1. The molecule has 0 saturated carbocycles. The summed E-state index contributed by atoms with van der Waals surface area (Å²) in [6.45, 7) is 1.46. The highest BCUT2D eigenvalue weighted by Gasteiger charge is 2.22. The topological polar surface area (TPSA) is 20.3 Å². The maximum atomic E-state index is 11.9. The lowest BCUT2D eigenvalue weighted by atomic mass is 10.00. The number of halogens is 2. The molecule has 2 nitrogen and oxygen atoms in total. The van der Waals surface area contributed by atoms with Gasteiger partial charge in [0.25, 0.3) is 0 Å². The highest BCUT2D eigenvalue weighted by Crippen LogP contribution is 2.30. The molecule has 0 N–H and O–H groups in total. The number of nitrogens with zero attached hydrogens (tertiary/aromatic N) is 1. The lowest BCUT2D eigenvalue weighted by molar-refractivity contribution is 0.0979. The molecule has 4 heteroatoms. The van der Waals surface area contributed by atoms with E-state index in [0.717, 1.165) is 39.4 Å². The zero-order chi connectivity index (χ0) is 14.1. The number of hydrogen-bond donors (Lipinski definition) is 0. The van der Waals surface area contributed by atoms with Gasteiger partial charge in [0.05, 0.1) is 0 Å². The Morgan fingerprint density at radius 3 is 2.80 bits per heavy atom. The van der Waals surface area contributed by atoms with Crippen LogP contribution in [-0.2, 0) is 6.54 Å². The number of hydrogen-bond acceptors (Lipinski definition) is 2. The van der Waals surface area contributed by atoms with Gasteiger partial charge in [0.2, 0.25) is 0 Å². The van der Waals surface area contributed by atoms with E-state index in [9.17, 15) is 4.79 Å². The van der Waals surface area contributed by atoms with Crippen LogP contribution in [0.1, 0.15) is 22.3 Å². The highest BCUT2D eigenvalue weighted by atomic mass is 79.9. The van der Waals surface area contributed by atoms with Gasteiger partial charge < -0.3 is 4.90 Å². The fourth-order valence-electron chi connectivity index (χ4n) is 2.50. The Hall–Kier alpha value is -1.32. The summed E-state index contributed by atoms with van der Waals surface area (Å²) in [5.74, 6) is 0.221. The van der Waals surface area contributed by atoms with Crippen molar-refractivity contribution in [1.82, 2.24) is 0 Å². The fourth-order valence-corrected chi connectivity index (χ4v) is 3.23. The molecule has 2 aromatic rings. The SMILES string of the molecule is O=C1CCN(Cc2ccc(Br)cc2Cl)c2ccccc21. The monoisotopic (exact) mass is 349 g/mol. The minimum Gasteiger partial charge on any atom is -0.366 e. The number of fused-ring (bicyclic) bond motifs is 1. The van der Waals surface area contributed by atoms with Crippen LogP contribution in [0.4, 0.5) is 5.69 Å². The third-order valence-electron chi connectivity index (χ3n) is 3.53. The van der Waals surface area contributed by atoms with E-state index in [1.54, 1.807) is 0 Å². The summed E-state index contributed by atoms with van der Waals surface area (Å²) in [5, 5.41) is 0.744. The van der Waals surface area contributed by atoms with E-state index in [1.807, 2.05) is 42.5 Å². The van der Waals surface area contributed by atoms with Gasteiger partial charge in [0.1, 0.15) is 0 Å². The molecule has 1 aliphatic rings. The quantitative estimate of drug-likeness (QED) is 0.783. The van der Waals surface area contributed by atoms with Crippen molar-refractivity contribution in [3.05, 3.63) is 63.1 Å². The Labute approximate surface area is 131 Å². The fraction of sp³-hybridized carbons (Fsp3) is 0.188. The van der Waals surface area contributed by atoms with Crippen molar-refractivity contribution in [3.8, 4) is 0 Å². The van der Waals surface area contributed by atoms with Gasteiger partial charge in [0, 0.05) is 40.3 Å². The smallest absolute Gasteiger partial charge is 0.166 e. The molecule has 0 amide bonds. The summed E-state index contributed by atoms with van der Waals surface area (Å²) in [4.78, 5) is 14.2. The van der Waals surface area contributed by atoms with Gasteiger partial charge in [-0.25, -0.2) is 0 Å². The molecule has 2 aromatic carbocycles. The van der Waals surface area contributed by atoms with E-state index >= 15 is 0 Å². The van der Waals surface area contributed by atoms with E-state index in [4.69, 9.17) is 11.6 Å². The van der Waals surface area contributed by atoms with E-state index in [0.29, 0.717) is 6.42 Å². The summed E-state index contributed by atoms with van der Waals surface area (Å²) < 4.78 is 0.973. The summed E-state index contributed by atoms with van der Waals surface area (Å²) in [5.41, 5.74) is 2.88. The molecular formula is C16H13BrClNO. The molecule has 0 fully saturated rings. The zero-order valence-electron chi connectivity index (χ0n) is 10.8. The predicted octanol–water partition coefficient (Wildman–Crippen LogP) is 4.70. The number of carbonyl (C=O) groups is 1. The molecule has 0 spiro atoms. The van der Waals surface area contributed by atoms with Crippen LogP contribution in [0.15, 0.2) is 46.9 Å². The molecule has 1 heterocycles. The summed E-state index contributed by atoms with van der Waals surface area (Å²) in [6.07, 6.45) is 0.561. The van der Waals surface area contributed by atoms with Crippen molar-refractivity contribution >= 4 is 39.0 Å². The van der Waals surface area contributed by atoms with Gasteiger partial charge in [-0.05, 0) is 29.8 Å². The molecule has 1 aliphatic heterocycles. The second kappa shape index (κ2) is 5.58. The van der Waals surface area contributed by atoms with Crippen LogP contribution < -0.4 is 4.90 Å². The highest BCUT2D eigenvalue weighted by molar-refractivity contribution is 9.10. The van der Waals surface area contributed by atoms with Gasteiger partial charge in [-0.1, -0.05) is 45.7 Å². The van der Waals surface area contributed by atoms with Crippen molar-refractivity contribution in [2.75, 3.05) is 11.4 Å². The molecule has 0 saturated heterocycles. The zero-order valence-corrected chi connectivity index (χ0v) is 13.1. The van der Waals surface area contributed by atoms with Gasteiger partial charge in [-0.15, -0.1) is 0 Å². The van der Waals surface area contributed by atoms with Crippen molar-refractivity contribution in [1.29, 1.82) is 0 Å². The van der Waals surface area contributed by atoms with E-state index in [1.165, 1.54) is 0 Å². The average Bonchev–Trinajstić information content (AvgIpc) is 2.45. The molecule has 0 aliphatic carbocycles. The lowest BCUT2D eigenvalue weighted by Crippen LogP contribution is -2.31. The van der Waals surface area contributed by atoms with E-state index in [-0.39, 0.29) is 5.78 Å². The molecule has 0 radical (unpaired) electrons. The third kappa shape index (κ3) is 2.60. The average molecular weight is 351 g/mol. The van der Waals surface area contributed by atoms with E-state index in [2.05, 4.69) is 20.8 Å². The number of benzene rings is 2. The van der Waals surface area contributed by atoms with Crippen LogP contribution >= 0.6 is 27.5 Å².